The third-order valence-electron chi connectivity index (χ3n) is 3.02. The summed E-state index contributed by atoms with van der Waals surface area (Å²) in [5.74, 6) is -0.153. The first-order chi connectivity index (χ1) is 10.1. The van der Waals surface area contributed by atoms with Crippen LogP contribution in [-0.4, -0.2) is 12.2 Å². The van der Waals surface area contributed by atoms with Gasteiger partial charge in [0, 0.05) is 16.8 Å². The van der Waals surface area contributed by atoms with Crippen LogP contribution in [0.2, 0.25) is 5.02 Å². The molecule has 0 atom stereocenters. The first-order valence-corrected chi connectivity index (χ1v) is 9.12. The lowest BCUT2D eigenvalue weighted by Crippen LogP contribution is -2.23. The van der Waals surface area contributed by atoms with Gasteiger partial charge in [-0.2, -0.15) is 0 Å². The monoisotopic (exact) mass is 383 g/mol. The predicted molar refractivity (Wildman–Crippen MR) is 93.5 cm³/mol. The molecule has 1 amide bonds. The zero-order valence-electron chi connectivity index (χ0n) is 11.5. The number of rotatable bonds is 5. The summed E-state index contributed by atoms with van der Waals surface area (Å²) in [5, 5.41) is 4.18. The van der Waals surface area contributed by atoms with Crippen LogP contribution in [0.1, 0.15) is 21.5 Å². The van der Waals surface area contributed by atoms with E-state index in [0.29, 0.717) is 17.1 Å². The van der Waals surface area contributed by atoms with E-state index in [1.807, 2.05) is 36.6 Å². The summed E-state index contributed by atoms with van der Waals surface area (Å²) < 4.78 is 0. The quantitative estimate of drug-likeness (QED) is 0.587. The van der Waals surface area contributed by atoms with Crippen molar-refractivity contribution in [2.45, 2.75) is 16.8 Å². The molecule has 0 radical (unpaired) electrons. The minimum absolute atomic E-state index is 0.153. The van der Waals surface area contributed by atoms with Crippen molar-refractivity contribution in [2.75, 3.05) is 6.26 Å². The number of halogens is 2. The van der Waals surface area contributed by atoms with Crippen LogP contribution in [0, 0.1) is 0 Å². The maximum absolute atomic E-state index is 12.2. The van der Waals surface area contributed by atoms with Crippen LogP contribution in [-0.2, 0) is 11.9 Å². The lowest BCUT2D eigenvalue weighted by molar-refractivity contribution is 0.0951. The molecule has 0 saturated carbocycles. The van der Waals surface area contributed by atoms with Crippen molar-refractivity contribution in [3.8, 4) is 0 Å². The summed E-state index contributed by atoms with van der Waals surface area (Å²) in [7, 11) is 0. The molecule has 0 bridgehead atoms. The maximum atomic E-state index is 12.2. The average molecular weight is 385 g/mol. The number of benzene rings is 2. The Kier molecular flexibility index (Phi) is 6.15. The fourth-order valence-electron chi connectivity index (χ4n) is 1.91. The van der Waals surface area contributed by atoms with Crippen LogP contribution in [0.5, 0.6) is 0 Å². The normalized spacial score (nSPS) is 10.4. The topological polar surface area (TPSA) is 29.1 Å². The number of carbonyl (C=O) groups excluding carboxylic acids is 1. The predicted octanol–water partition coefficient (Wildman–Crippen LogP) is 4.89. The number of nitrogens with one attached hydrogen (secondary N) is 1. The van der Waals surface area contributed by atoms with Gasteiger partial charge >= 0.3 is 0 Å². The highest BCUT2D eigenvalue weighted by molar-refractivity contribution is 9.08. The van der Waals surface area contributed by atoms with Crippen molar-refractivity contribution in [1.82, 2.24) is 5.32 Å². The van der Waals surface area contributed by atoms with Crippen LogP contribution in [0.4, 0.5) is 0 Å². The highest BCUT2D eigenvalue weighted by Gasteiger charge is 2.11. The van der Waals surface area contributed by atoms with Crippen LogP contribution >= 0.6 is 39.3 Å². The van der Waals surface area contributed by atoms with Crippen molar-refractivity contribution in [2.24, 2.45) is 0 Å². The molecule has 1 N–H and O–H groups in total. The second-order valence-corrected chi connectivity index (χ2v) is 6.33. The second kappa shape index (κ2) is 7.87. The number of carbonyl (C=O) groups is 1. The zero-order chi connectivity index (χ0) is 15.2. The molecule has 2 nitrogen and oxygen atoms in total. The van der Waals surface area contributed by atoms with E-state index in [2.05, 4.69) is 27.3 Å². The molecule has 2 rings (SSSR count). The first-order valence-electron chi connectivity index (χ1n) is 6.39. The van der Waals surface area contributed by atoms with Gasteiger partial charge in [-0.05, 0) is 35.6 Å². The molecule has 0 fully saturated rings. The Morgan fingerprint density at radius 1 is 1.24 bits per heavy atom. The molecule has 5 heteroatoms. The fraction of sp³-hybridized carbons (Fsp3) is 0.188. The summed E-state index contributed by atoms with van der Waals surface area (Å²) in [6.45, 7) is 0.486. The number of amides is 1. The molecule has 0 aromatic heterocycles. The molecule has 2 aromatic rings. The largest absolute Gasteiger partial charge is 0.348 e. The van der Waals surface area contributed by atoms with Gasteiger partial charge in [0.15, 0.2) is 0 Å². The summed E-state index contributed by atoms with van der Waals surface area (Å²) in [6, 6.07) is 13.6. The van der Waals surface area contributed by atoms with Crippen LogP contribution in [0.25, 0.3) is 0 Å². The van der Waals surface area contributed by atoms with E-state index in [-0.39, 0.29) is 5.91 Å². The third-order valence-corrected chi connectivity index (χ3v) is 4.72. The molecular formula is C16H15BrClNOS. The molecule has 0 aliphatic rings. The van der Waals surface area contributed by atoms with Gasteiger partial charge in [0.1, 0.15) is 0 Å². The van der Waals surface area contributed by atoms with Crippen LogP contribution in [0.15, 0.2) is 47.4 Å². The standard InChI is InChI=1S/C16H15BrClNOS/c1-21-13-5-6-15(18)14(8-13)16(20)19-10-12-4-2-3-11(7-12)9-17/h2-8H,9-10H2,1H3,(H,19,20). The van der Waals surface area contributed by atoms with E-state index >= 15 is 0 Å². The molecular weight excluding hydrogens is 370 g/mol. The lowest BCUT2D eigenvalue weighted by atomic mass is 10.1. The van der Waals surface area contributed by atoms with Crippen molar-refractivity contribution in [3.05, 3.63) is 64.2 Å². The molecule has 0 aliphatic carbocycles. The van der Waals surface area contributed by atoms with Crippen LogP contribution < -0.4 is 5.32 Å². The van der Waals surface area contributed by atoms with E-state index < -0.39 is 0 Å². The van der Waals surface area contributed by atoms with Gasteiger partial charge in [-0.3, -0.25) is 4.79 Å². The molecule has 110 valence electrons. The second-order valence-electron chi connectivity index (χ2n) is 4.48. The third kappa shape index (κ3) is 4.50. The van der Waals surface area contributed by atoms with Crippen molar-refractivity contribution in [1.29, 1.82) is 0 Å². The van der Waals surface area contributed by atoms with Gasteiger partial charge < -0.3 is 5.32 Å². The van der Waals surface area contributed by atoms with Gasteiger partial charge in [0.2, 0.25) is 0 Å². The Balaban J connectivity index is 2.07. The van der Waals surface area contributed by atoms with Crippen LogP contribution in [0.3, 0.4) is 0 Å². The number of thioether (sulfide) groups is 1. The molecule has 21 heavy (non-hydrogen) atoms. The van der Waals surface area contributed by atoms with Gasteiger partial charge in [-0.15, -0.1) is 11.8 Å². The minimum atomic E-state index is -0.153. The lowest BCUT2D eigenvalue weighted by Gasteiger charge is -2.09. The van der Waals surface area contributed by atoms with E-state index in [9.17, 15) is 4.79 Å². The molecule has 0 aliphatic heterocycles. The Morgan fingerprint density at radius 2 is 2.00 bits per heavy atom. The SMILES string of the molecule is CSc1ccc(Cl)c(C(=O)NCc2cccc(CBr)c2)c1. The van der Waals surface area contributed by atoms with Crippen molar-refractivity contribution in [3.63, 3.8) is 0 Å². The molecule has 0 saturated heterocycles. The molecule has 0 unspecified atom stereocenters. The summed E-state index contributed by atoms with van der Waals surface area (Å²) >= 11 is 11.1. The number of alkyl halides is 1. The fourth-order valence-corrected chi connectivity index (χ4v) is 2.90. The molecule has 2 aromatic carbocycles. The Morgan fingerprint density at radius 3 is 2.71 bits per heavy atom. The zero-order valence-corrected chi connectivity index (χ0v) is 14.7. The van der Waals surface area contributed by atoms with Gasteiger partial charge in [0.05, 0.1) is 10.6 Å². The summed E-state index contributed by atoms with van der Waals surface area (Å²) in [4.78, 5) is 13.3. The maximum Gasteiger partial charge on any atom is 0.253 e. The Hall–Kier alpha value is -0.970. The highest BCUT2D eigenvalue weighted by Crippen LogP contribution is 2.23. The Bertz CT molecular complexity index is 648. The summed E-state index contributed by atoms with van der Waals surface area (Å²) in [5.41, 5.74) is 2.77. The van der Waals surface area contributed by atoms with Crippen molar-refractivity contribution < 1.29 is 4.79 Å². The van der Waals surface area contributed by atoms with Crippen molar-refractivity contribution >= 4 is 45.2 Å². The Labute approximate surface area is 142 Å². The van der Waals surface area contributed by atoms with E-state index in [0.717, 1.165) is 15.8 Å². The van der Waals surface area contributed by atoms with E-state index in [1.165, 1.54) is 5.56 Å². The van der Waals surface area contributed by atoms with E-state index in [1.54, 1.807) is 17.8 Å². The van der Waals surface area contributed by atoms with Gasteiger partial charge in [0.25, 0.3) is 5.91 Å². The minimum Gasteiger partial charge on any atom is -0.348 e. The average Bonchev–Trinajstić information content (AvgIpc) is 2.53. The smallest absolute Gasteiger partial charge is 0.253 e. The molecule has 0 heterocycles. The van der Waals surface area contributed by atoms with Gasteiger partial charge in [-0.1, -0.05) is 51.8 Å². The highest BCUT2D eigenvalue weighted by atomic mass is 79.9. The van der Waals surface area contributed by atoms with E-state index in [4.69, 9.17) is 11.6 Å². The number of hydrogen-bond donors (Lipinski definition) is 1. The van der Waals surface area contributed by atoms with Gasteiger partial charge in [-0.25, -0.2) is 0 Å². The number of hydrogen-bond acceptors (Lipinski definition) is 2. The molecule has 0 spiro atoms. The summed E-state index contributed by atoms with van der Waals surface area (Å²) in [6.07, 6.45) is 1.97. The first kappa shape index (κ1) is 16.4.